The molecule has 2 aromatic carbocycles. The number of carbonyl (C=O) groups excluding carboxylic acids is 1. The highest BCUT2D eigenvalue weighted by Gasteiger charge is 2.31. The zero-order chi connectivity index (χ0) is 22.6. The average molecular weight is 447 g/mol. The van der Waals surface area contributed by atoms with Gasteiger partial charge in [-0.3, -0.25) is 4.79 Å². The Morgan fingerprint density at radius 2 is 1.91 bits per heavy atom. The van der Waals surface area contributed by atoms with Gasteiger partial charge in [-0.15, -0.1) is 18.3 Å². The zero-order valence-corrected chi connectivity index (χ0v) is 16.8. The van der Waals surface area contributed by atoms with Crippen LogP contribution < -0.4 is 15.4 Å². The van der Waals surface area contributed by atoms with Crippen LogP contribution in [0.25, 0.3) is 17.1 Å². The molecule has 0 radical (unpaired) electrons. The van der Waals surface area contributed by atoms with Crippen LogP contribution in [-0.4, -0.2) is 46.8 Å². The number of halogens is 3. The largest absolute Gasteiger partial charge is 0.573 e. The first-order valence-corrected chi connectivity index (χ1v) is 9.90. The van der Waals surface area contributed by atoms with Gasteiger partial charge < -0.3 is 20.1 Å². The molecule has 1 unspecified atom stereocenters. The normalized spacial score (nSPS) is 16.0. The minimum absolute atomic E-state index is 0.0554. The van der Waals surface area contributed by atoms with E-state index in [-0.39, 0.29) is 11.9 Å². The minimum atomic E-state index is -4.76. The number of hydrogen-bond donors (Lipinski definition) is 2. The Balaban J connectivity index is 1.61. The fourth-order valence-corrected chi connectivity index (χ4v) is 3.31. The van der Waals surface area contributed by atoms with Crippen LogP contribution in [0, 0.1) is 0 Å². The number of anilines is 2. The molecule has 32 heavy (non-hydrogen) atoms. The van der Waals surface area contributed by atoms with Crippen LogP contribution in [0.1, 0.15) is 12.8 Å². The van der Waals surface area contributed by atoms with Crippen molar-refractivity contribution < 1.29 is 27.4 Å². The van der Waals surface area contributed by atoms with Gasteiger partial charge >= 0.3 is 6.36 Å². The summed E-state index contributed by atoms with van der Waals surface area (Å²) in [5.41, 5.74) is 1.84. The van der Waals surface area contributed by atoms with Crippen molar-refractivity contribution in [3.63, 3.8) is 0 Å². The Hall–Kier alpha value is -3.60. The summed E-state index contributed by atoms with van der Waals surface area (Å²) in [6.07, 6.45) is -2.20. The van der Waals surface area contributed by atoms with Gasteiger partial charge in [-0.1, -0.05) is 0 Å². The van der Waals surface area contributed by atoms with E-state index in [1.165, 1.54) is 28.9 Å². The molecule has 0 aliphatic carbocycles. The lowest BCUT2D eigenvalue weighted by Gasteiger charge is -2.13. The molecule has 2 heterocycles. The molecule has 3 aromatic rings. The topological polar surface area (TPSA) is 90.3 Å². The van der Waals surface area contributed by atoms with Gasteiger partial charge in [0.15, 0.2) is 5.82 Å². The van der Waals surface area contributed by atoms with Crippen molar-refractivity contribution in [2.24, 2.45) is 0 Å². The molecular weight excluding hydrogens is 427 g/mol. The highest BCUT2D eigenvalue weighted by atomic mass is 19.4. The molecule has 0 bridgehead atoms. The van der Waals surface area contributed by atoms with Crippen molar-refractivity contribution in [2.45, 2.75) is 25.3 Å². The Morgan fingerprint density at radius 1 is 1.16 bits per heavy atom. The summed E-state index contributed by atoms with van der Waals surface area (Å²) in [4.78, 5) is 15.1. The van der Waals surface area contributed by atoms with Crippen LogP contribution in [0.5, 0.6) is 5.75 Å². The van der Waals surface area contributed by atoms with E-state index in [1.54, 1.807) is 24.3 Å². The summed E-state index contributed by atoms with van der Waals surface area (Å²) in [6, 6.07) is 12.3. The van der Waals surface area contributed by atoms with E-state index in [0.717, 1.165) is 12.8 Å². The first-order chi connectivity index (χ1) is 15.4. The van der Waals surface area contributed by atoms with E-state index in [0.29, 0.717) is 48.3 Å². The Morgan fingerprint density at radius 3 is 2.53 bits per heavy atom. The summed E-state index contributed by atoms with van der Waals surface area (Å²) < 4.78 is 48.4. The van der Waals surface area contributed by atoms with E-state index < -0.39 is 6.36 Å². The Kier molecular flexibility index (Phi) is 6.26. The average Bonchev–Trinajstić information content (AvgIpc) is 3.42. The molecule has 168 valence electrons. The van der Waals surface area contributed by atoms with Gasteiger partial charge in [0.25, 0.3) is 0 Å². The standard InChI is InChI=1S/C21H20F3N5O3/c22-21(23,24)32-17-9-7-16(8-10-17)29-20(25-12-18-2-1-11-31-18)27-19(28-29)14-3-5-15(6-4-14)26-13-30/h3-10,13,18H,1-2,11-12H2,(H,26,30)(H,25,27,28). The van der Waals surface area contributed by atoms with Crippen LogP contribution in [-0.2, 0) is 9.53 Å². The molecule has 1 atom stereocenters. The molecule has 1 amide bonds. The first-order valence-electron chi connectivity index (χ1n) is 9.90. The smallest absolute Gasteiger partial charge is 0.406 e. The highest BCUT2D eigenvalue weighted by molar-refractivity contribution is 5.72. The SMILES string of the molecule is O=CNc1ccc(-c2nc(NCC3CCCO3)n(-c3ccc(OC(F)(F)F)cc3)n2)cc1. The maximum atomic E-state index is 12.4. The van der Waals surface area contributed by atoms with E-state index >= 15 is 0 Å². The molecule has 4 rings (SSSR count). The molecule has 0 saturated carbocycles. The van der Waals surface area contributed by atoms with Crippen molar-refractivity contribution in [1.29, 1.82) is 0 Å². The number of benzene rings is 2. The lowest BCUT2D eigenvalue weighted by atomic mass is 10.2. The third-order valence-electron chi connectivity index (χ3n) is 4.80. The fraction of sp³-hybridized carbons (Fsp3) is 0.286. The first kappa shape index (κ1) is 21.6. The number of hydrogen-bond acceptors (Lipinski definition) is 6. The van der Waals surface area contributed by atoms with Crippen molar-refractivity contribution in [2.75, 3.05) is 23.8 Å². The third kappa shape index (κ3) is 5.35. The van der Waals surface area contributed by atoms with E-state index in [4.69, 9.17) is 4.74 Å². The number of amides is 1. The molecule has 1 fully saturated rings. The molecule has 1 aromatic heterocycles. The van der Waals surface area contributed by atoms with Gasteiger partial charge in [-0.25, -0.2) is 0 Å². The van der Waals surface area contributed by atoms with Crippen molar-refractivity contribution >= 4 is 18.0 Å². The monoisotopic (exact) mass is 447 g/mol. The maximum Gasteiger partial charge on any atom is 0.573 e. The van der Waals surface area contributed by atoms with E-state index in [9.17, 15) is 18.0 Å². The second kappa shape index (κ2) is 9.27. The summed E-state index contributed by atoms with van der Waals surface area (Å²) in [5.74, 6) is 0.511. The molecular formula is C21H20F3N5O3. The minimum Gasteiger partial charge on any atom is -0.406 e. The lowest BCUT2D eigenvalue weighted by molar-refractivity contribution is -0.274. The van der Waals surface area contributed by atoms with Gasteiger partial charge in [-0.2, -0.15) is 9.67 Å². The third-order valence-corrected chi connectivity index (χ3v) is 4.80. The molecule has 8 nitrogen and oxygen atoms in total. The molecule has 11 heteroatoms. The summed E-state index contributed by atoms with van der Waals surface area (Å²) in [5, 5.41) is 10.3. The zero-order valence-electron chi connectivity index (χ0n) is 16.8. The summed E-state index contributed by atoms with van der Waals surface area (Å²) in [6.45, 7) is 1.24. The Labute approximate surface area is 181 Å². The number of aromatic nitrogens is 3. The molecule has 1 aliphatic heterocycles. The van der Waals surface area contributed by atoms with Gasteiger partial charge in [0, 0.05) is 24.4 Å². The second-order valence-electron chi connectivity index (χ2n) is 7.07. The number of nitrogens with zero attached hydrogens (tertiary/aromatic N) is 3. The number of ether oxygens (including phenoxy) is 2. The number of alkyl halides is 3. The molecule has 2 N–H and O–H groups in total. The van der Waals surface area contributed by atoms with Crippen molar-refractivity contribution in [3.8, 4) is 22.8 Å². The Bertz CT molecular complexity index is 1050. The van der Waals surface area contributed by atoms with Crippen LogP contribution in [0.15, 0.2) is 48.5 Å². The van der Waals surface area contributed by atoms with Crippen LogP contribution >= 0.6 is 0 Å². The highest BCUT2D eigenvalue weighted by Crippen LogP contribution is 2.26. The number of rotatable bonds is 8. The second-order valence-corrected chi connectivity index (χ2v) is 7.07. The van der Waals surface area contributed by atoms with Gasteiger partial charge in [0.05, 0.1) is 11.8 Å². The van der Waals surface area contributed by atoms with Crippen LogP contribution in [0.2, 0.25) is 0 Å². The summed E-state index contributed by atoms with van der Waals surface area (Å²) >= 11 is 0. The van der Waals surface area contributed by atoms with Crippen molar-refractivity contribution in [3.05, 3.63) is 48.5 Å². The van der Waals surface area contributed by atoms with Gasteiger partial charge in [-0.05, 0) is 61.4 Å². The van der Waals surface area contributed by atoms with Gasteiger partial charge in [0.2, 0.25) is 12.4 Å². The predicted molar refractivity (Wildman–Crippen MR) is 111 cm³/mol. The summed E-state index contributed by atoms with van der Waals surface area (Å²) in [7, 11) is 0. The molecule has 1 aliphatic rings. The quantitative estimate of drug-likeness (QED) is 0.508. The maximum absolute atomic E-state index is 12.4. The van der Waals surface area contributed by atoms with Gasteiger partial charge in [0.1, 0.15) is 5.75 Å². The predicted octanol–water partition coefficient (Wildman–Crippen LogP) is 3.99. The fourth-order valence-electron chi connectivity index (χ4n) is 3.31. The lowest BCUT2D eigenvalue weighted by Crippen LogP contribution is -2.20. The van der Waals surface area contributed by atoms with E-state index in [1.807, 2.05) is 0 Å². The van der Waals surface area contributed by atoms with Crippen LogP contribution in [0.3, 0.4) is 0 Å². The number of nitrogens with one attached hydrogen (secondary N) is 2. The van der Waals surface area contributed by atoms with Crippen LogP contribution in [0.4, 0.5) is 24.8 Å². The van der Waals surface area contributed by atoms with E-state index in [2.05, 4.69) is 25.5 Å². The molecule has 0 spiro atoms. The number of carbonyl (C=O) groups is 1. The van der Waals surface area contributed by atoms with Crippen molar-refractivity contribution in [1.82, 2.24) is 14.8 Å². The molecule has 1 saturated heterocycles.